The molecule has 0 aromatic heterocycles. The molecule has 2 amide bonds. The van der Waals surface area contributed by atoms with Crippen molar-refractivity contribution in [2.75, 3.05) is 19.6 Å². The van der Waals surface area contributed by atoms with Crippen molar-refractivity contribution in [1.29, 1.82) is 0 Å². The fourth-order valence-electron chi connectivity index (χ4n) is 3.98. The highest BCUT2D eigenvalue weighted by molar-refractivity contribution is 5.97. The molecule has 0 spiro atoms. The third kappa shape index (κ3) is 3.71. The minimum atomic E-state index is -0.338. The van der Waals surface area contributed by atoms with Crippen LogP contribution in [0.4, 0.5) is 0 Å². The van der Waals surface area contributed by atoms with Crippen LogP contribution in [-0.2, 0) is 4.79 Å². The Bertz CT molecular complexity index is 615. The molecule has 2 aliphatic rings. The van der Waals surface area contributed by atoms with Crippen LogP contribution in [0.3, 0.4) is 0 Å². The zero-order chi connectivity index (χ0) is 17.1. The molecule has 24 heavy (non-hydrogen) atoms. The van der Waals surface area contributed by atoms with Crippen LogP contribution in [0.2, 0.25) is 0 Å². The van der Waals surface area contributed by atoms with Crippen molar-refractivity contribution >= 4 is 11.8 Å². The van der Waals surface area contributed by atoms with Gasteiger partial charge in [-0.25, -0.2) is 0 Å². The van der Waals surface area contributed by atoms with Gasteiger partial charge in [-0.05, 0) is 49.3 Å². The summed E-state index contributed by atoms with van der Waals surface area (Å²) in [5.41, 5.74) is 1.15. The first-order valence-corrected chi connectivity index (χ1v) is 8.90. The Labute approximate surface area is 143 Å². The maximum atomic E-state index is 12.3. The lowest BCUT2D eigenvalue weighted by atomic mass is 9.82. The Balaban J connectivity index is 1.46. The van der Waals surface area contributed by atoms with Gasteiger partial charge in [-0.2, -0.15) is 0 Å². The van der Waals surface area contributed by atoms with E-state index in [9.17, 15) is 14.7 Å². The number of benzene rings is 1. The number of phenols is 1. The van der Waals surface area contributed by atoms with Crippen LogP contribution in [0.1, 0.15) is 48.0 Å². The molecule has 0 unspecified atom stereocenters. The van der Waals surface area contributed by atoms with E-state index < -0.39 is 0 Å². The zero-order valence-corrected chi connectivity index (χ0v) is 14.3. The van der Waals surface area contributed by atoms with E-state index in [2.05, 4.69) is 5.32 Å². The van der Waals surface area contributed by atoms with Crippen molar-refractivity contribution in [3.05, 3.63) is 29.3 Å². The van der Waals surface area contributed by atoms with Crippen LogP contribution in [0, 0.1) is 18.8 Å². The molecular formula is C19H26N2O3. The lowest BCUT2D eigenvalue weighted by molar-refractivity contribution is -0.130. The fourth-order valence-corrected chi connectivity index (χ4v) is 3.98. The topological polar surface area (TPSA) is 69.6 Å². The molecule has 5 nitrogen and oxygen atoms in total. The van der Waals surface area contributed by atoms with Gasteiger partial charge >= 0.3 is 0 Å². The average Bonchev–Trinajstić information content (AvgIpc) is 2.98. The summed E-state index contributed by atoms with van der Waals surface area (Å²) in [6.45, 7) is 3.93. The molecule has 5 heteroatoms. The molecule has 1 aliphatic carbocycles. The average molecular weight is 330 g/mol. The molecule has 1 aromatic rings. The van der Waals surface area contributed by atoms with Gasteiger partial charge in [0.15, 0.2) is 0 Å². The highest BCUT2D eigenvalue weighted by Crippen LogP contribution is 2.36. The van der Waals surface area contributed by atoms with Crippen molar-refractivity contribution in [3.63, 3.8) is 0 Å². The number of amides is 2. The summed E-state index contributed by atoms with van der Waals surface area (Å²) in [5.74, 6) is 1.12. The Morgan fingerprint density at radius 1 is 1.21 bits per heavy atom. The Morgan fingerprint density at radius 2 is 1.88 bits per heavy atom. The maximum Gasteiger partial charge on any atom is 0.255 e. The molecule has 3 rings (SSSR count). The lowest BCUT2D eigenvalue weighted by Gasteiger charge is -2.22. The number of likely N-dealkylation sites (tertiary alicyclic amines) is 1. The summed E-state index contributed by atoms with van der Waals surface area (Å²) in [6, 6.07) is 4.95. The summed E-state index contributed by atoms with van der Waals surface area (Å²) >= 11 is 0. The highest BCUT2D eigenvalue weighted by atomic mass is 16.3. The Hall–Kier alpha value is -2.04. The highest BCUT2D eigenvalue weighted by Gasteiger charge is 2.36. The second kappa shape index (κ2) is 7.24. The first kappa shape index (κ1) is 16.8. The van der Waals surface area contributed by atoms with Gasteiger partial charge in [-0.15, -0.1) is 0 Å². The van der Waals surface area contributed by atoms with E-state index in [-0.39, 0.29) is 23.1 Å². The molecule has 1 aromatic carbocycles. The SMILES string of the molecule is Cc1ccc(C(=O)NCCC(=O)N2C[C@H]3CCCC[C@@H]3C2)c(O)c1. The third-order valence-corrected chi connectivity index (χ3v) is 5.35. The number of carbonyl (C=O) groups is 2. The fraction of sp³-hybridized carbons (Fsp3) is 0.579. The number of rotatable bonds is 4. The minimum absolute atomic E-state index is 0.0255. The summed E-state index contributed by atoms with van der Waals surface area (Å²) in [6.07, 6.45) is 5.40. The number of carbonyl (C=O) groups excluding carboxylic acids is 2. The van der Waals surface area contributed by atoms with Crippen LogP contribution in [-0.4, -0.2) is 41.5 Å². The molecule has 1 aliphatic heterocycles. The van der Waals surface area contributed by atoms with Crippen LogP contribution in [0.15, 0.2) is 18.2 Å². The normalized spacial score (nSPS) is 23.0. The van der Waals surface area contributed by atoms with Crippen molar-refractivity contribution in [3.8, 4) is 5.75 Å². The van der Waals surface area contributed by atoms with Crippen molar-refractivity contribution in [1.82, 2.24) is 10.2 Å². The number of fused-ring (bicyclic) bond motifs is 1. The summed E-state index contributed by atoms with van der Waals surface area (Å²) in [5, 5.41) is 12.6. The third-order valence-electron chi connectivity index (χ3n) is 5.35. The first-order valence-electron chi connectivity index (χ1n) is 8.90. The van der Waals surface area contributed by atoms with Crippen LogP contribution in [0.5, 0.6) is 5.75 Å². The summed E-state index contributed by atoms with van der Waals surface area (Å²) in [4.78, 5) is 26.4. The van der Waals surface area contributed by atoms with E-state index in [1.165, 1.54) is 25.7 Å². The Morgan fingerprint density at radius 3 is 2.50 bits per heavy atom. The van der Waals surface area contributed by atoms with E-state index in [0.717, 1.165) is 18.7 Å². The van der Waals surface area contributed by atoms with Gasteiger partial charge in [-0.1, -0.05) is 18.9 Å². The standard InChI is InChI=1S/C19H26N2O3/c1-13-6-7-16(17(22)10-13)19(24)20-9-8-18(23)21-11-14-4-2-3-5-15(14)12-21/h6-7,10,14-15,22H,2-5,8-9,11-12H2,1H3,(H,20,24)/t14-,15-/m1/s1. The second-order valence-electron chi connectivity index (χ2n) is 7.13. The van der Waals surface area contributed by atoms with Gasteiger partial charge in [0.2, 0.25) is 5.91 Å². The van der Waals surface area contributed by atoms with Gasteiger partial charge in [0, 0.05) is 26.1 Å². The van der Waals surface area contributed by atoms with Crippen molar-refractivity contribution in [2.45, 2.75) is 39.0 Å². The summed E-state index contributed by atoms with van der Waals surface area (Å²) in [7, 11) is 0. The molecular weight excluding hydrogens is 304 g/mol. The number of phenolic OH excluding ortho intramolecular Hbond substituents is 1. The van der Waals surface area contributed by atoms with Gasteiger partial charge in [0.05, 0.1) is 5.56 Å². The predicted octanol–water partition coefficient (Wildman–Crippen LogP) is 2.47. The van der Waals surface area contributed by atoms with Crippen molar-refractivity contribution in [2.24, 2.45) is 11.8 Å². The van der Waals surface area contributed by atoms with Crippen LogP contribution >= 0.6 is 0 Å². The molecule has 2 N–H and O–H groups in total. The largest absolute Gasteiger partial charge is 0.507 e. The van der Waals surface area contributed by atoms with E-state index in [1.807, 2.05) is 11.8 Å². The van der Waals surface area contributed by atoms with Crippen molar-refractivity contribution < 1.29 is 14.7 Å². The van der Waals surface area contributed by atoms with E-state index in [1.54, 1.807) is 18.2 Å². The van der Waals surface area contributed by atoms with E-state index in [4.69, 9.17) is 0 Å². The van der Waals surface area contributed by atoms with Crippen LogP contribution in [0.25, 0.3) is 0 Å². The zero-order valence-electron chi connectivity index (χ0n) is 14.3. The predicted molar refractivity (Wildman–Crippen MR) is 91.8 cm³/mol. The number of nitrogens with one attached hydrogen (secondary N) is 1. The Kier molecular flexibility index (Phi) is 5.07. The number of hydrogen-bond donors (Lipinski definition) is 2. The number of hydrogen-bond acceptors (Lipinski definition) is 3. The summed E-state index contributed by atoms with van der Waals surface area (Å²) < 4.78 is 0. The first-order chi connectivity index (χ1) is 11.5. The molecule has 1 heterocycles. The monoisotopic (exact) mass is 330 g/mol. The molecule has 1 saturated heterocycles. The number of aryl methyl sites for hydroxylation is 1. The molecule has 2 atom stereocenters. The molecule has 2 fully saturated rings. The van der Waals surface area contributed by atoms with Gasteiger partial charge < -0.3 is 15.3 Å². The van der Waals surface area contributed by atoms with E-state index in [0.29, 0.717) is 24.8 Å². The minimum Gasteiger partial charge on any atom is -0.507 e. The molecule has 0 radical (unpaired) electrons. The second-order valence-corrected chi connectivity index (χ2v) is 7.13. The number of aromatic hydroxyl groups is 1. The molecule has 0 bridgehead atoms. The smallest absolute Gasteiger partial charge is 0.255 e. The molecule has 130 valence electrons. The van der Waals surface area contributed by atoms with Gasteiger partial charge in [0.25, 0.3) is 5.91 Å². The van der Waals surface area contributed by atoms with Gasteiger partial charge in [0.1, 0.15) is 5.75 Å². The number of nitrogens with zero attached hydrogens (tertiary/aromatic N) is 1. The van der Waals surface area contributed by atoms with Crippen LogP contribution < -0.4 is 5.32 Å². The van der Waals surface area contributed by atoms with E-state index >= 15 is 0 Å². The lowest BCUT2D eigenvalue weighted by Crippen LogP contribution is -2.33. The van der Waals surface area contributed by atoms with Gasteiger partial charge in [-0.3, -0.25) is 9.59 Å². The quantitative estimate of drug-likeness (QED) is 0.891. The maximum absolute atomic E-state index is 12.3. The molecule has 1 saturated carbocycles.